The fourth-order valence-electron chi connectivity index (χ4n) is 2.36. The molecule has 0 bridgehead atoms. The first-order valence-electron chi connectivity index (χ1n) is 6.92. The highest BCUT2D eigenvalue weighted by Crippen LogP contribution is 2.20. The fraction of sp³-hybridized carbons (Fsp3) is 0.111. The van der Waals surface area contributed by atoms with E-state index in [0.29, 0.717) is 5.75 Å². The standard InChI is InChI=1S/C18H17NOS/c19-18(15-7-2-1-3-8-15)13-21(20)17-11-10-14-6-4-5-9-16(14)12-17/h1-12,18H,13,19H2. The van der Waals surface area contributed by atoms with Crippen LogP contribution in [0.15, 0.2) is 77.7 Å². The van der Waals surface area contributed by atoms with E-state index in [4.69, 9.17) is 5.73 Å². The predicted molar refractivity (Wildman–Crippen MR) is 88.6 cm³/mol. The van der Waals surface area contributed by atoms with E-state index in [9.17, 15) is 4.21 Å². The Morgan fingerprint density at radius 3 is 2.29 bits per heavy atom. The van der Waals surface area contributed by atoms with Crippen molar-refractivity contribution in [3.8, 4) is 0 Å². The average molecular weight is 295 g/mol. The summed E-state index contributed by atoms with van der Waals surface area (Å²) in [6, 6.07) is 23.6. The third-order valence-electron chi connectivity index (χ3n) is 3.54. The Labute approximate surface area is 127 Å². The zero-order valence-corrected chi connectivity index (χ0v) is 12.4. The lowest BCUT2D eigenvalue weighted by atomic mass is 10.1. The van der Waals surface area contributed by atoms with Gasteiger partial charge in [0.05, 0.1) is 10.8 Å². The van der Waals surface area contributed by atoms with Crippen LogP contribution < -0.4 is 5.73 Å². The number of hydrogen-bond donors (Lipinski definition) is 1. The molecule has 0 aliphatic carbocycles. The van der Waals surface area contributed by atoms with Crippen molar-refractivity contribution in [2.75, 3.05) is 5.75 Å². The number of rotatable bonds is 4. The normalized spacial score (nSPS) is 14.0. The van der Waals surface area contributed by atoms with Gasteiger partial charge in [0.1, 0.15) is 0 Å². The lowest BCUT2D eigenvalue weighted by molar-refractivity contribution is 0.675. The Kier molecular flexibility index (Phi) is 4.13. The molecule has 0 aromatic heterocycles. The maximum Gasteiger partial charge on any atom is 0.0548 e. The van der Waals surface area contributed by atoms with E-state index in [2.05, 4.69) is 6.07 Å². The van der Waals surface area contributed by atoms with Gasteiger partial charge < -0.3 is 5.73 Å². The summed E-state index contributed by atoms with van der Waals surface area (Å²) in [5.74, 6) is 0.433. The predicted octanol–water partition coefficient (Wildman–Crippen LogP) is 3.65. The number of fused-ring (bicyclic) bond motifs is 1. The minimum Gasteiger partial charge on any atom is -0.323 e. The van der Waals surface area contributed by atoms with Gasteiger partial charge in [-0.2, -0.15) is 0 Å². The van der Waals surface area contributed by atoms with Crippen LogP contribution in [-0.4, -0.2) is 9.96 Å². The van der Waals surface area contributed by atoms with E-state index in [-0.39, 0.29) is 6.04 Å². The van der Waals surface area contributed by atoms with Crippen LogP contribution in [0.2, 0.25) is 0 Å². The Bertz CT molecular complexity index is 770. The van der Waals surface area contributed by atoms with Gasteiger partial charge in [-0.15, -0.1) is 0 Å². The Hall–Kier alpha value is -1.97. The Morgan fingerprint density at radius 2 is 1.52 bits per heavy atom. The summed E-state index contributed by atoms with van der Waals surface area (Å²) in [6.45, 7) is 0. The summed E-state index contributed by atoms with van der Waals surface area (Å²) in [5, 5.41) is 2.27. The van der Waals surface area contributed by atoms with Crippen molar-refractivity contribution < 1.29 is 4.21 Å². The van der Waals surface area contributed by atoms with Crippen molar-refractivity contribution in [1.82, 2.24) is 0 Å². The second-order valence-corrected chi connectivity index (χ2v) is 6.53. The monoisotopic (exact) mass is 295 g/mol. The molecule has 0 saturated carbocycles. The maximum atomic E-state index is 12.5. The molecule has 2 nitrogen and oxygen atoms in total. The molecule has 0 fully saturated rings. The lowest BCUT2D eigenvalue weighted by Crippen LogP contribution is -2.18. The van der Waals surface area contributed by atoms with E-state index in [0.717, 1.165) is 21.2 Å². The minimum atomic E-state index is -1.10. The minimum absolute atomic E-state index is 0.210. The zero-order chi connectivity index (χ0) is 14.7. The van der Waals surface area contributed by atoms with Gasteiger partial charge in [-0.25, -0.2) is 0 Å². The molecule has 3 aromatic rings. The molecule has 2 atom stereocenters. The molecular formula is C18H17NOS. The Morgan fingerprint density at radius 1 is 0.857 bits per heavy atom. The number of nitrogens with two attached hydrogens (primary N) is 1. The fourth-order valence-corrected chi connectivity index (χ4v) is 3.55. The van der Waals surface area contributed by atoms with Crippen LogP contribution in [0.1, 0.15) is 11.6 Å². The van der Waals surface area contributed by atoms with Crippen molar-refractivity contribution in [1.29, 1.82) is 0 Å². The molecular weight excluding hydrogens is 278 g/mol. The van der Waals surface area contributed by atoms with E-state index < -0.39 is 10.8 Å². The van der Waals surface area contributed by atoms with Gasteiger partial charge in [0.2, 0.25) is 0 Å². The molecule has 106 valence electrons. The molecule has 3 aromatic carbocycles. The number of hydrogen-bond acceptors (Lipinski definition) is 2. The van der Waals surface area contributed by atoms with Gasteiger partial charge in [-0.1, -0.05) is 60.7 Å². The summed E-state index contributed by atoms with van der Waals surface area (Å²) >= 11 is 0. The third kappa shape index (κ3) is 3.20. The molecule has 0 heterocycles. The SMILES string of the molecule is NC(CS(=O)c1ccc2ccccc2c1)c1ccccc1. The topological polar surface area (TPSA) is 43.1 Å². The van der Waals surface area contributed by atoms with Crippen LogP contribution in [0.5, 0.6) is 0 Å². The lowest BCUT2D eigenvalue weighted by Gasteiger charge is -2.12. The van der Waals surface area contributed by atoms with E-state index in [1.54, 1.807) is 0 Å². The van der Waals surface area contributed by atoms with Gasteiger partial charge in [-0.3, -0.25) is 4.21 Å². The third-order valence-corrected chi connectivity index (χ3v) is 4.98. The van der Waals surface area contributed by atoms with Crippen LogP contribution in [0, 0.1) is 0 Å². The van der Waals surface area contributed by atoms with Gasteiger partial charge in [0.15, 0.2) is 0 Å². The Balaban J connectivity index is 1.80. The van der Waals surface area contributed by atoms with Gasteiger partial charge in [0, 0.05) is 16.7 Å². The molecule has 3 rings (SSSR count). The molecule has 0 aliphatic rings. The summed E-state index contributed by atoms with van der Waals surface area (Å²) in [7, 11) is -1.10. The van der Waals surface area contributed by atoms with Gasteiger partial charge in [0.25, 0.3) is 0 Å². The first-order chi connectivity index (χ1) is 10.2. The van der Waals surface area contributed by atoms with Crippen LogP contribution in [0.25, 0.3) is 10.8 Å². The first-order valence-corrected chi connectivity index (χ1v) is 8.23. The van der Waals surface area contributed by atoms with Crippen LogP contribution in [-0.2, 0) is 10.8 Å². The van der Waals surface area contributed by atoms with Crippen molar-refractivity contribution in [3.63, 3.8) is 0 Å². The van der Waals surface area contributed by atoms with Crippen molar-refractivity contribution in [2.24, 2.45) is 5.73 Å². The molecule has 2 N–H and O–H groups in total. The van der Waals surface area contributed by atoms with E-state index >= 15 is 0 Å². The number of benzene rings is 3. The molecule has 0 aliphatic heterocycles. The molecule has 0 spiro atoms. The van der Waals surface area contributed by atoms with Crippen molar-refractivity contribution in [3.05, 3.63) is 78.4 Å². The molecule has 0 amide bonds. The van der Waals surface area contributed by atoms with Crippen LogP contribution in [0.4, 0.5) is 0 Å². The largest absolute Gasteiger partial charge is 0.323 e. The zero-order valence-electron chi connectivity index (χ0n) is 11.6. The smallest absolute Gasteiger partial charge is 0.0548 e. The molecule has 0 saturated heterocycles. The molecule has 3 heteroatoms. The van der Waals surface area contributed by atoms with Gasteiger partial charge >= 0.3 is 0 Å². The molecule has 2 unspecified atom stereocenters. The van der Waals surface area contributed by atoms with Gasteiger partial charge in [-0.05, 0) is 28.5 Å². The molecule has 21 heavy (non-hydrogen) atoms. The van der Waals surface area contributed by atoms with E-state index in [1.807, 2.05) is 66.7 Å². The quantitative estimate of drug-likeness (QED) is 0.798. The van der Waals surface area contributed by atoms with E-state index in [1.165, 1.54) is 0 Å². The highest BCUT2D eigenvalue weighted by atomic mass is 32.2. The second kappa shape index (κ2) is 6.20. The van der Waals surface area contributed by atoms with Crippen LogP contribution >= 0.6 is 0 Å². The average Bonchev–Trinajstić information content (AvgIpc) is 2.55. The summed E-state index contributed by atoms with van der Waals surface area (Å²) < 4.78 is 12.5. The molecule has 0 radical (unpaired) electrons. The summed E-state index contributed by atoms with van der Waals surface area (Å²) in [6.07, 6.45) is 0. The van der Waals surface area contributed by atoms with Crippen molar-refractivity contribution in [2.45, 2.75) is 10.9 Å². The van der Waals surface area contributed by atoms with Crippen LogP contribution in [0.3, 0.4) is 0 Å². The summed E-state index contributed by atoms with van der Waals surface area (Å²) in [5.41, 5.74) is 7.17. The van der Waals surface area contributed by atoms with Crippen molar-refractivity contribution >= 4 is 21.6 Å². The highest BCUT2D eigenvalue weighted by Gasteiger charge is 2.12. The first kappa shape index (κ1) is 14.0. The second-order valence-electron chi connectivity index (χ2n) is 5.04. The highest BCUT2D eigenvalue weighted by molar-refractivity contribution is 7.85. The summed E-state index contributed by atoms with van der Waals surface area (Å²) in [4.78, 5) is 0.833. The maximum absolute atomic E-state index is 12.5.